The lowest BCUT2D eigenvalue weighted by atomic mass is 9.86. The summed E-state index contributed by atoms with van der Waals surface area (Å²) in [7, 11) is 0. The van der Waals surface area contributed by atoms with E-state index in [1.54, 1.807) is 24.3 Å². The average molecular weight is 274 g/mol. The predicted octanol–water partition coefficient (Wildman–Crippen LogP) is 3.08. The number of primary amides is 1. The highest BCUT2D eigenvalue weighted by Crippen LogP contribution is 2.27. The van der Waals surface area contributed by atoms with Crippen molar-refractivity contribution in [1.82, 2.24) is 0 Å². The van der Waals surface area contributed by atoms with E-state index in [0.29, 0.717) is 23.6 Å². The van der Waals surface area contributed by atoms with Gasteiger partial charge in [-0.3, -0.25) is 9.59 Å². The molecule has 0 saturated heterocycles. The van der Waals surface area contributed by atoms with Crippen LogP contribution >= 0.6 is 0 Å². The molecule has 0 heterocycles. The molecule has 0 aliphatic heterocycles. The third-order valence-electron chi connectivity index (χ3n) is 3.94. The van der Waals surface area contributed by atoms with E-state index in [9.17, 15) is 9.59 Å². The zero-order valence-electron chi connectivity index (χ0n) is 11.7. The maximum atomic E-state index is 11.9. The molecule has 2 rings (SSSR count). The van der Waals surface area contributed by atoms with Crippen molar-refractivity contribution in [2.24, 2.45) is 11.7 Å². The van der Waals surface area contributed by atoms with E-state index in [1.165, 1.54) is 32.1 Å². The van der Waals surface area contributed by atoms with Gasteiger partial charge < -0.3 is 11.1 Å². The zero-order chi connectivity index (χ0) is 14.4. The molecule has 1 aliphatic carbocycles. The topological polar surface area (TPSA) is 72.2 Å². The van der Waals surface area contributed by atoms with Crippen molar-refractivity contribution in [3.05, 3.63) is 29.8 Å². The minimum absolute atomic E-state index is 0.0113. The van der Waals surface area contributed by atoms with Crippen LogP contribution in [0, 0.1) is 5.92 Å². The molecule has 20 heavy (non-hydrogen) atoms. The molecule has 1 fully saturated rings. The Balaban J connectivity index is 1.81. The van der Waals surface area contributed by atoms with Crippen LogP contribution in [0.3, 0.4) is 0 Å². The molecule has 0 unspecified atom stereocenters. The van der Waals surface area contributed by atoms with Crippen molar-refractivity contribution in [2.75, 3.05) is 5.32 Å². The number of anilines is 1. The van der Waals surface area contributed by atoms with E-state index in [-0.39, 0.29) is 5.91 Å². The van der Waals surface area contributed by atoms with E-state index in [1.807, 2.05) is 0 Å². The fourth-order valence-corrected chi connectivity index (χ4v) is 2.78. The first-order valence-corrected chi connectivity index (χ1v) is 7.35. The summed E-state index contributed by atoms with van der Waals surface area (Å²) in [6, 6.07) is 6.74. The fraction of sp³-hybridized carbons (Fsp3) is 0.500. The lowest BCUT2D eigenvalue weighted by molar-refractivity contribution is -0.116. The highest BCUT2D eigenvalue weighted by atomic mass is 16.2. The summed E-state index contributed by atoms with van der Waals surface area (Å²) in [5, 5.41) is 2.83. The first-order chi connectivity index (χ1) is 9.65. The van der Waals surface area contributed by atoms with Gasteiger partial charge in [-0.1, -0.05) is 38.2 Å². The van der Waals surface area contributed by atoms with Gasteiger partial charge >= 0.3 is 0 Å². The molecule has 4 heteroatoms. The number of carbonyl (C=O) groups excluding carboxylic acids is 2. The molecule has 0 aromatic heterocycles. The minimum Gasteiger partial charge on any atom is -0.366 e. The number of nitrogens with two attached hydrogens (primary N) is 1. The SMILES string of the molecule is NC(=O)c1cccc(NC(=O)CCC2CCCCC2)c1. The van der Waals surface area contributed by atoms with Gasteiger partial charge in [0, 0.05) is 17.7 Å². The molecule has 0 bridgehead atoms. The van der Waals surface area contributed by atoms with Crippen LogP contribution in [0.15, 0.2) is 24.3 Å². The molecule has 3 N–H and O–H groups in total. The molecule has 108 valence electrons. The van der Waals surface area contributed by atoms with E-state index < -0.39 is 5.91 Å². The van der Waals surface area contributed by atoms with Crippen molar-refractivity contribution in [3.63, 3.8) is 0 Å². The first kappa shape index (κ1) is 14.6. The lowest BCUT2D eigenvalue weighted by Crippen LogP contribution is -2.16. The minimum atomic E-state index is -0.483. The van der Waals surface area contributed by atoms with Gasteiger partial charge in [-0.2, -0.15) is 0 Å². The highest BCUT2D eigenvalue weighted by Gasteiger charge is 2.15. The summed E-state index contributed by atoms with van der Waals surface area (Å²) in [5.74, 6) is 0.229. The molecule has 1 saturated carbocycles. The lowest BCUT2D eigenvalue weighted by Gasteiger charge is -2.21. The molecule has 1 aliphatic rings. The summed E-state index contributed by atoms with van der Waals surface area (Å²) >= 11 is 0. The van der Waals surface area contributed by atoms with Crippen molar-refractivity contribution < 1.29 is 9.59 Å². The highest BCUT2D eigenvalue weighted by molar-refractivity contribution is 5.96. The number of carbonyl (C=O) groups is 2. The molecule has 1 aromatic carbocycles. The van der Waals surface area contributed by atoms with Crippen LogP contribution in [0.25, 0.3) is 0 Å². The molecule has 0 atom stereocenters. The predicted molar refractivity (Wildman–Crippen MR) is 79.4 cm³/mol. The zero-order valence-corrected chi connectivity index (χ0v) is 11.7. The van der Waals surface area contributed by atoms with Crippen molar-refractivity contribution in [2.45, 2.75) is 44.9 Å². The second-order valence-electron chi connectivity index (χ2n) is 5.54. The molecule has 4 nitrogen and oxygen atoms in total. The molecule has 1 aromatic rings. The molecular weight excluding hydrogens is 252 g/mol. The Bertz CT molecular complexity index is 479. The molecular formula is C16H22N2O2. The largest absolute Gasteiger partial charge is 0.366 e. The monoisotopic (exact) mass is 274 g/mol. The van der Waals surface area contributed by atoms with E-state index in [0.717, 1.165) is 6.42 Å². The normalized spacial score (nSPS) is 15.8. The number of hydrogen-bond donors (Lipinski definition) is 2. The first-order valence-electron chi connectivity index (χ1n) is 7.35. The Morgan fingerprint density at radius 2 is 1.95 bits per heavy atom. The van der Waals surface area contributed by atoms with Gasteiger partial charge in [-0.05, 0) is 30.5 Å². The number of benzene rings is 1. The quantitative estimate of drug-likeness (QED) is 0.866. The van der Waals surface area contributed by atoms with Gasteiger partial charge in [-0.25, -0.2) is 0 Å². The van der Waals surface area contributed by atoms with Gasteiger partial charge in [0.1, 0.15) is 0 Å². The number of rotatable bonds is 5. The summed E-state index contributed by atoms with van der Waals surface area (Å²) in [6.45, 7) is 0. The van der Waals surface area contributed by atoms with Crippen LogP contribution in [0.4, 0.5) is 5.69 Å². The Morgan fingerprint density at radius 1 is 1.20 bits per heavy atom. The maximum Gasteiger partial charge on any atom is 0.248 e. The van der Waals surface area contributed by atoms with Crippen LogP contribution in [0.1, 0.15) is 55.3 Å². The van der Waals surface area contributed by atoms with Crippen molar-refractivity contribution in [3.8, 4) is 0 Å². The van der Waals surface area contributed by atoms with Crippen molar-refractivity contribution in [1.29, 1.82) is 0 Å². The molecule has 0 radical (unpaired) electrons. The third kappa shape index (κ3) is 4.37. The third-order valence-corrected chi connectivity index (χ3v) is 3.94. The summed E-state index contributed by atoms with van der Waals surface area (Å²) < 4.78 is 0. The van der Waals surface area contributed by atoms with Gasteiger partial charge in [-0.15, -0.1) is 0 Å². The fourth-order valence-electron chi connectivity index (χ4n) is 2.78. The van der Waals surface area contributed by atoms with E-state index in [4.69, 9.17) is 5.73 Å². The Hall–Kier alpha value is -1.84. The number of hydrogen-bond acceptors (Lipinski definition) is 2. The van der Waals surface area contributed by atoms with E-state index >= 15 is 0 Å². The number of nitrogens with one attached hydrogen (secondary N) is 1. The Labute approximate surface area is 119 Å². The van der Waals surface area contributed by atoms with Crippen LogP contribution in [0.2, 0.25) is 0 Å². The van der Waals surface area contributed by atoms with Gasteiger partial charge in [0.15, 0.2) is 0 Å². The maximum absolute atomic E-state index is 11.9. The standard InChI is InChI=1S/C16H22N2O2/c17-16(20)13-7-4-8-14(11-13)18-15(19)10-9-12-5-2-1-3-6-12/h4,7-8,11-12H,1-3,5-6,9-10H2,(H2,17,20)(H,18,19). The van der Waals surface area contributed by atoms with Crippen LogP contribution in [-0.4, -0.2) is 11.8 Å². The van der Waals surface area contributed by atoms with Crippen LogP contribution in [0.5, 0.6) is 0 Å². The smallest absolute Gasteiger partial charge is 0.248 e. The van der Waals surface area contributed by atoms with Gasteiger partial charge in [0.05, 0.1) is 0 Å². The molecule has 0 spiro atoms. The van der Waals surface area contributed by atoms with Crippen molar-refractivity contribution >= 4 is 17.5 Å². The van der Waals surface area contributed by atoms with Crippen LogP contribution in [-0.2, 0) is 4.79 Å². The summed E-state index contributed by atoms with van der Waals surface area (Å²) in [5.41, 5.74) is 6.26. The second-order valence-corrected chi connectivity index (χ2v) is 5.54. The summed E-state index contributed by atoms with van der Waals surface area (Å²) in [4.78, 5) is 23.0. The average Bonchev–Trinajstić information content (AvgIpc) is 2.46. The summed E-state index contributed by atoms with van der Waals surface area (Å²) in [6.07, 6.45) is 7.95. The van der Waals surface area contributed by atoms with Gasteiger partial charge in [0.25, 0.3) is 0 Å². The van der Waals surface area contributed by atoms with Crippen LogP contribution < -0.4 is 11.1 Å². The number of amides is 2. The Kier molecular flexibility index (Phi) is 5.16. The van der Waals surface area contributed by atoms with Gasteiger partial charge in [0.2, 0.25) is 11.8 Å². The molecule has 2 amide bonds. The second kappa shape index (κ2) is 7.08. The Morgan fingerprint density at radius 3 is 2.65 bits per heavy atom. The van der Waals surface area contributed by atoms with E-state index in [2.05, 4.69) is 5.32 Å².